The first kappa shape index (κ1) is 15.2. The molecule has 1 unspecified atom stereocenters. The number of halogens is 1. The monoisotopic (exact) mass is 269 g/mol. The molecule has 0 bridgehead atoms. The van der Waals surface area contributed by atoms with Gasteiger partial charge in [-0.25, -0.2) is 4.39 Å². The van der Waals surface area contributed by atoms with Crippen molar-refractivity contribution in [3.63, 3.8) is 0 Å². The minimum Gasteiger partial charge on any atom is -0.591 e. The minimum atomic E-state index is -1.31. The smallest absolute Gasteiger partial charge is 0.144 e. The summed E-state index contributed by atoms with van der Waals surface area (Å²) in [6, 6.07) is 4.97. The summed E-state index contributed by atoms with van der Waals surface area (Å²) in [6.07, 6.45) is 1.47. The van der Waals surface area contributed by atoms with Gasteiger partial charge in [-0.15, -0.1) is 0 Å². The summed E-state index contributed by atoms with van der Waals surface area (Å²) in [6.45, 7) is 9.44. The molecule has 0 aliphatic carbocycles. The van der Waals surface area contributed by atoms with Gasteiger partial charge in [0.15, 0.2) is 0 Å². The zero-order chi connectivity index (χ0) is 13.9. The molecular formula is C14H20FNOS. The molecule has 0 aromatic heterocycles. The molecule has 1 atom stereocenters. The Hall–Kier alpha value is -0.870. The molecule has 0 amide bonds. The van der Waals surface area contributed by atoms with Gasteiger partial charge in [0.1, 0.15) is 21.9 Å². The van der Waals surface area contributed by atoms with Crippen molar-refractivity contribution in [1.29, 1.82) is 0 Å². The van der Waals surface area contributed by atoms with Gasteiger partial charge in [0.25, 0.3) is 0 Å². The Kier molecular flexibility index (Phi) is 4.93. The summed E-state index contributed by atoms with van der Waals surface area (Å²) >= 11 is -1.31. The molecule has 0 aliphatic heterocycles. The molecule has 1 aromatic carbocycles. The molecule has 0 spiro atoms. The maximum absolute atomic E-state index is 13.7. The lowest BCUT2D eigenvalue weighted by Crippen LogP contribution is -2.25. The Morgan fingerprint density at radius 2 is 1.94 bits per heavy atom. The molecule has 1 aromatic rings. The van der Waals surface area contributed by atoms with Crippen LogP contribution in [0.3, 0.4) is 0 Å². The van der Waals surface area contributed by atoms with Gasteiger partial charge in [0, 0.05) is 5.56 Å². The van der Waals surface area contributed by atoms with E-state index in [0.29, 0.717) is 11.1 Å². The molecule has 0 radical (unpaired) electrons. The van der Waals surface area contributed by atoms with E-state index in [9.17, 15) is 8.94 Å². The van der Waals surface area contributed by atoms with Crippen LogP contribution in [-0.4, -0.2) is 15.5 Å². The molecule has 2 nitrogen and oxygen atoms in total. The molecule has 0 N–H and O–H groups in total. The fourth-order valence-electron chi connectivity index (χ4n) is 1.36. The number of hydrogen-bond acceptors (Lipinski definition) is 2. The van der Waals surface area contributed by atoms with E-state index in [-0.39, 0.29) is 11.7 Å². The highest BCUT2D eigenvalue weighted by atomic mass is 32.2. The normalized spacial score (nSPS) is 14.4. The average molecular weight is 269 g/mol. The molecule has 100 valence electrons. The van der Waals surface area contributed by atoms with Gasteiger partial charge in [-0.2, -0.15) is 0 Å². The lowest BCUT2D eigenvalue weighted by molar-refractivity contribution is 0.561. The van der Waals surface area contributed by atoms with Gasteiger partial charge in [-0.05, 0) is 38.3 Å². The van der Waals surface area contributed by atoms with E-state index in [2.05, 4.69) is 4.40 Å². The minimum absolute atomic E-state index is 0.152. The first-order valence-corrected chi connectivity index (χ1v) is 7.08. The largest absolute Gasteiger partial charge is 0.591 e. The van der Waals surface area contributed by atoms with Crippen LogP contribution in [0, 0.1) is 5.82 Å². The van der Waals surface area contributed by atoms with E-state index in [1.807, 2.05) is 34.6 Å². The summed E-state index contributed by atoms with van der Waals surface area (Å²) < 4.78 is 29.0. The van der Waals surface area contributed by atoms with Crippen molar-refractivity contribution >= 4 is 17.6 Å². The number of benzene rings is 1. The summed E-state index contributed by atoms with van der Waals surface area (Å²) in [5.74, 6) is -0.0878. The van der Waals surface area contributed by atoms with Crippen molar-refractivity contribution in [3.8, 4) is 0 Å². The maximum atomic E-state index is 13.7. The van der Waals surface area contributed by atoms with Crippen LogP contribution in [0.2, 0.25) is 0 Å². The zero-order valence-corrected chi connectivity index (χ0v) is 12.3. The second-order valence-electron chi connectivity index (χ2n) is 5.53. The highest BCUT2D eigenvalue weighted by Crippen LogP contribution is 2.20. The average Bonchev–Trinajstić information content (AvgIpc) is 2.24. The fourth-order valence-corrected chi connectivity index (χ4v) is 1.89. The van der Waals surface area contributed by atoms with Crippen molar-refractivity contribution in [2.45, 2.75) is 45.3 Å². The molecule has 1 rings (SSSR count). The predicted molar refractivity (Wildman–Crippen MR) is 76.0 cm³/mol. The third-order valence-electron chi connectivity index (χ3n) is 2.47. The summed E-state index contributed by atoms with van der Waals surface area (Å²) in [4.78, 5) is 0. The van der Waals surface area contributed by atoms with Crippen LogP contribution in [-0.2, 0) is 11.4 Å². The topological polar surface area (TPSA) is 35.4 Å². The molecule has 0 fully saturated rings. The van der Waals surface area contributed by atoms with Crippen molar-refractivity contribution in [2.75, 3.05) is 0 Å². The van der Waals surface area contributed by atoms with E-state index in [1.54, 1.807) is 12.1 Å². The Morgan fingerprint density at radius 3 is 2.39 bits per heavy atom. The molecule has 0 aliphatic rings. The van der Waals surface area contributed by atoms with Gasteiger partial charge in [0.05, 0.1) is 6.21 Å². The highest BCUT2D eigenvalue weighted by Gasteiger charge is 2.25. The third kappa shape index (κ3) is 4.10. The first-order chi connectivity index (χ1) is 8.21. The van der Waals surface area contributed by atoms with E-state index >= 15 is 0 Å². The zero-order valence-electron chi connectivity index (χ0n) is 11.5. The van der Waals surface area contributed by atoms with E-state index in [1.165, 1.54) is 12.3 Å². The first-order valence-electron chi connectivity index (χ1n) is 5.97. The van der Waals surface area contributed by atoms with Crippen LogP contribution < -0.4 is 0 Å². The fraction of sp³-hybridized carbons (Fsp3) is 0.500. The van der Waals surface area contributed by atoms with Gasteiger partial charge < -0.3 is 4.55 Å². The summed E-state index contributed by atoms with van der Waals surface area (Å²) in [5, 5.41) is 0. The van der Waals surface area contributed by atoms with Gasteiger partial charge in [-0.1, -0.05) is 30.4 Å². The Bertz CT molecular complexity index is 438. The Labute approximate surface area is 112 Å². The van der Waals surface area contributed by atoms with E-state index in [0.717, 1.165) is 0 Å². The van der Waals surface area contributed by atoms with E-state index < -0.39 is 16.1 Å². The predicted octanol–water partition coefficient (Wildman–Crippen LogP) is 3.83. The van der Waals surface area contributed by atoms with Gasteiger partial charge in [-0.3, -0.25) is 0 Å². The maximum Gasteiger partial charge on any atom is 0.144 e. The quantitative estimate of drug-likeness (QED) is 0.606. The van der Waals surface area contributed by atoms with Crippen molar-refractivity contribution in [1.82, 2.24) is 0 Å². The van der Waals surface area contributed by atoms with E-state index in [4.69, 9.17) is 0 Å². The standard InChI is InChI=1S/C14H20FNOS/c1-10(2)12-7-6-11(8-13(12)15)9-16-18(17)14(3,4)5/h6-10H,1-5H3. The summed E-state index contributed by atoms with van der Waals surface area (Å²) in [7, 11) is 0. The molecule has 0 saturated heterocycles. The third-order valence-corrected chi connectivity index (χ3v) is 3.81. The molecular weight excluding hydrogens is 249 g/mol. The van der Waals surface area contributed by atoms with Gasteiger partial charge >= 0.3 is 0 Å². The van der Waals surface area contributed by atoms with Crippen LogP contribution >= 0.6 is 0 Å². The van der Waals surface area contributed by atoms with Crippen LogP contribution in [0.5, 0.6) is 0 Å². The van der Waals surface area contributed by atoms with Crippen LogP contribution in [0.4, 0.5) is 4.39 Å². The lowest BCUT2D eigenvalue weighted by atomic mass is 10.0. The molecule has 4 heteroatoms. The van der Waals surface area contributed by atoms with Crippen molar-refractivity contribution in [2.24, 2.45) is 4.40 Å². The molecule has 0 heterocycles. The number of rotatable bonds is 3. The SMILES string of the molecule is CC(C)c1ccc(C=N[S+]([O-])C(C)(C)C)cc1F. The highest BCUT2D eigenvalue weighted by molar-refractivity contribution is 7.91. The second kappa shape index (κ2) is 5.85. The Balaban J connectivity index is 2.87. The molecule has 18 heavy (non-hydrogen) atoms. The van der Waals surface area contributed by atoms with Crippen LogP contribution in [0.1, 0.15) is 51.7 Å². The summed E-state index contributed by atoms with van der Waals surface area (Å²) in [5.41, 5.74) is 1.32. The van der Waals surface area contributed by atoms with Crippen LogP contribution in [0.15, 0.2) is 22.6 Å². The Morgan fingerprint density at radius 1 is 1.33 bits per heavy atom. The van der Waals surface area contributed by atoms with Crippen molar-refractivity contribution < 1.29 is 8.94 Å². The second-order valence-corrected chi connectivity index (χ2v) is 7.47. The van der Waals surface area contributed by atoms with Crippen LogP contribution in [0.25, 0.3) is 0 Å². The lowest BCUT2D eigenvalue weighted by Gasteiger charge is -2.17. The molecule has 0 saturated carbocycles. The number of hydrogen-bond donors (Lipinski definition) is 0. The van der Waals surface area contributed by atoms with Crippen molar-refractivity contribution in [3.05, 3.63) is 35.1 Å². The van der Waals surface area contributed by atoms with Gasteiger partial charge in [0.2, 0.25) is 0 Å². The number of nitrogens with zero attached hydrogens (tertiary/aromatic N) is 1.